The van der Waals surface area contributed by atoms with Gasteiger partial charge in [-0.25, -0.2) is 0 Å². The predicted molar refractivity (Wildman–Crippen MR) is 141 cm³/mol. The van der Waals surface area contributed by atoms with Crippen molar-refractivity contribution in [1.29, 1.82) is 0 Å². The van der Waals surface area contributed by atoms with Crippen LogP contribution in [0.2, 0.25) is 0 Å². The Morgan fingerprint density at radius 1 is 0.613 bits per heavy atom. The van der Waals surface area contributed by atoms with Crippen LogP contribution in [0.3, 0.4) is 0 Å². The van der Waals surface area contributed by atoms with Crippen LogP contribution in [-0.2, 0) is 0 Å². The van der Waals surface area contributed by atoms with Gasteiger partial charge in [0.05, 0.1) is 0 Å². The zero-order valence-corrected chi connectivity index (χ0v) is 19.0. The molecule has 152 valence electrons. The maximum Gasteiger partial charge on any atom is 0.242 e. The fraction of sp³-hybridized carbons (Fsp3) is 0.103. The van der Waals surface area contributed by atoms with Gasteiger partial charge in [-0.2, -0.15) is 11.8 Å². The van der Waals surface area contributed by atoms with Crippen molar-refractivity contribution in [2.45, 2.75) is 6.92 Å². The first-order valence-corrected chi connectivity index (χ1v) is 12.1. The highest BCUT2D eigenvalue weighted by Crippen LogP contribution is 2.31. The summed E-state index contributed by atoms with van der Waals surface area (Å²) in [6.07, 6.45) is 2.19. The molecule has 0 nitrogen and oxygen atoms in total. The molecule has 0 saturated heterocycles. The topological polar surface area (TPSA) is 0 Å². The van der Waals surface area contributed by atoms with E-state index in [4.69, 9.17) is 0 Å². The van der Waals surface area contributed by atoms with Gasteiger partial charge in [0.2, 0.25) is 6.71 Å². The number of rotatable bonds is 7. The second-order valence-electron chi connectivity index (χ2n) is 7.81. The Hall–Kier alpha value is -2.97. The lowest BCUT2D eigenvalue weighted by Crippen LogP contribution is -2.44. The average Bonchev–Trinajstić information content (AvgIpc) is 2.84. The maximum atomic E-state index is 2.27. The van der Waals surface area contributed by atoms with E-state index in [0.717, 1.165) is 5.75 Å². The zero-order chi connectivity index (χ0) is 21.5. The first-order chi connectivity index (χ1) is 15.3. The number of hydrogen-bond donors (Lipinski definition) is 0. The molecule has 0 spiro atoms. The molecule has 2 heteroatoms. The predicted octanol–water partition coefficient (Wildman–Crippen LogP) is 6.12. The van der Waals surface area contributed by atoms with Gasteiger partial charge in [0.15, 0.2) is 0 Å². The molecule has 31 heavy (non-hydrogen) atoms. The third-order valence-electron chi connectivity index (χ3n) is 5.65. The molecule has 0 aliphatic rings. The van der Waals surface area contributed by atoms with Gasteiger partial charge in [0.25, 0.3) is 0 Å². The highest BCUT2D eigenvalue weighted by molar-refractivity contribution is 7.99. The summed E-state index contributed by atoms with van der Waals surface area (Å²) in [6, 6.07) is 41.7. The minimum Gasteiger partial charge on any atom is -0.161 e. The smallest absolute Gasteiger partial charge is 0.161 e. The number of thioether (sulfide) groups is 1. The average molecular weight is 418 g/mol. The Morgan fingerprint density at radius 2 is 1.10 bits per heavy atom. The molecule has 0 atom stereocenters. The van der Waals surface area contributed by atoms with Crippen LogP contribution in [0.5, 0.6) is 0 Å². The molecule has 0 saturated carbocycles. The summed E-state index contributed by atoms with van der Waals surface area (Å²) in [6.45, 7) is 2.31. The first-order valence-electron chi connectivity index (χ1n) is 10.7. The minimum atomic E-state index is 0.160. The molecule has 4 aromatic carbocycles. The van der Waals surface area contributed by atoms with Crippen molar-refractivity contribution in [3.8, 4) is 0 Å². The molecule has 0 heterocycles. The van der Waals surface area contributed by atoms with Crippen molar-refractivity contribution in [2.75, 3.05) is 12.0 Å². The van der Waals surface area contributed by atoms with Crippen molar-refractivity contribution in [3.63, 3.8) is 0 Å². The summed E-state index contributed by atoms with van der Waals surface area (Å²) in [7, 11) is 0. The summed E-state index contributed by atoms with van der Waals surface area (Å²) in [5.41, 5.74) is 9.29. The van der Waals surface area contributed by atoms with Gasteiger partial charge in [-0.1, -0.05) is 137 Å². The Morgan fingerprint density at radius 3 is 1.58 bits per heavy atom. The SMILES string of the molecule is CSC/C(=C(\B(c1ccccc1)c1ccccc1)c1ccccc1)c1ccc(C)cc1. The lowest BCUT2D eigenvalue weighted by atomic mass is 9.34. The standard InChI is InChI=1S/C29H27BS/c1-23-18-20-24(21-19-23)28(22-31-2)29(25-12-6-3-7-13-25)30(26-14-8-4-9-15-26)27-16-10-5-11-17-27/h3-21H,22H2,1-2H3/b29-28+. The summed E-state index contributed by atoms with van der Waals surface area (Å²) in [4.78, 5) is 0. The lowest BCUT2D eigenvalue weighted by molar-refractivity contribution is 1.45. The van der Waals surface area contributed by atoms with Crippen molar-refractivity contribution in [2.24, 2.45) is 0 Å². The number of benzene rings is 4. The molecule has 0 amide bonds. The highest BCUT2D eigenvalue weighted by atomic mass is 32.2. The van der Waals surface area contributed by atoms with Crippen molar-refractivity contribution in [3.05, 3.63) is 132 Å². The molecule has 0 aromatic heterocycles. The van der Waals surface area contributed by atoms with Crippen molar-refractivity contribution < 1.29 is 0 Å². The lowest BCUT2D eigenvalue weighted by Gasteiger charge is -2.24. The normalized spacial score (nSPS) is 11.7. The van der Waals surface area contributed by atoms with Crippen LogP contribution in [0.25, 0.3) is 11.0 Å². The van der Waals surface area contributed by atoms with Gasteiger partial charge in [-0.15, -0.1) is 0 Å². The Bertz CT molecular complexity index is 1080. The van der Waals surface area contributed by atoms with E-state index < -0.39 is 0 Å². The van der Waals surface area contributed by atoms with Gasteiger partial charge in [0, 0.05) is 5.75 Å². The van der Waals surface area contributed by atoms with Crippen molar-refractivity contribution >= 4 is 40.4 Å². The summed E-state index contributed by atoms with van der Waals surface area (Å²) >= 11 is 1.88. The Kier molecular flexibility index (Phi) is 7.12. The van der Waals surface area contributed by atoms with E-state index in [1.807, 2.05) is 11.8 Å². The molecule has 4 rings (SSSR count). The minimum absolute atomic E-state index is 0.160. The van der Waals surface area contributed by atoms with Crippen LogP contribution in [0.1, 0.15) is 16.7 Å². The first kappa shape index (κ1) is 21.3. The molecule has 0 bridgehead atoms. The van der Waals surface area contributed by atoms with Gasteiger partial charge in [-0.05, 0) is 29.9 Å². The quantitative estimate of drug-likeness (QED) is 0.258. The summed E-state index contributed by atoms with van der Waals surface area (Å²) < 4.78 is 0. The Balaban J connectivity index is 2.04. The van der Waals surface area contributed by atoms with E-state index >= 15 is 0 Å². The van der Waals surface area contributed by atoms with E-state index in [0.29, 0.717) is 0 Å². The third-order valence-corrected chi connectivity index (χ3v) is 6.23. The second kappa shape index (κ2) is 10.4. The molecular formula is C29H27BS. The second-order valence-corrected chi connectivity index (χ2v) is 8.68. The van der Waals surface area contributed by atoms with Crippen LogP contribution in [0.15, 0.2) is 115 Å². The Labute approximate surface area is 191 Å². The molecule has 4 aromatic rings. The van der Waals surface area contributed by atoms with Gasteiger partial charge in [-0.3, -0.25) is 0 Å². The van der Waals surface area contributed by atoms with Gasteiger partial charge in [0.1, 0.15) is 0 Å². The third kappa shape index (κ3) is 5.03. The van der Waals surface area contributed by atoms with Gasteiger partial charge >= 0.3 is 0 Å². The zero-order valence-electron chi connectivity index (χ0n) is 18.2. The van der Waals surface area contributed by atoms with Crippen molar-refractivity contribution in [1.82, 2.24) is 0 Å². The fourth-order valence-electron chi connectivity index (χ4n) is 4.17. The molecule has 0 aliphatic carbocycles. The maximum absolute atomic E-state index is 2.27. The fourth-order valence-corrected chi connectivity index (χ4v) is 4.78. The van der Waals surface area contributed by atoms with E-state index in [-0.39, 0.29) is 6.71 Å². The molecule has 0 N–H and O–H groups in total. The van der Waals surface area contributed by atoms with E-state index in [9.17, 15) is 0 Å². The number of aryl methyl sites for hydroxylation is 1. The summed E-state index contributed by atoms with van der Waals surface area (Å²) in [5, 5.41) is 0. The highest BCUT2D eigenvalue weighted by Gasteiger charge is 2.28. The molecular weight excluding hydrogens is 391 g/mol. The van der Waals surface area contributed by atoms with Crippen LogP contribution >= 0.6 is 11.8 Å². The molecule has 0 radical (unpaired) electrons. The van der Waals surface area contributed by atoms with Crippen LogP contribution in [-0.4, -0.2) is 18.7 Å². The van der Waals surface area contributed by atoms with E-state index in [1.54, 1.807) is 0 Å². The van der Waals surface area contributed by atoms with Crippen LogP contribution in [0, 0.1) is 6.92 Å². The van der Waals surface area contributed by atoms with E-state index in [1.165, 1.54) is 38.7 Å². The van der Waals surface area contributed by atoms with Gasteiger partial charge < -0.3 is 0 Å². The molecule has 0 aliphatic heterocycles. The molecule has 0 unspecified atom stereocenters. The summed E-state index contributed by atoms with van der Waals surface area (Å²) in [5.74, 6) is 0.962. The van der Waals surface area contributed by atoms with E-state index in [2.05, 4.69) is 128 Å². The number of hydrogen-bond acceptors (Lipinski definition) is 1. The largest absolute Gasteiger partial charge is 0.242 e. The van der Waals surface area contributed by atoms with Crippen LogP contribution in [0.4, 0.5) is 0 Å². The van der Waals surface area contributed by atoms with Crippen LogP contribution < -0.4 is 10.9 Å². The monoisotopic (exact) mass is 418 g/mol. The molecule has 0 fully saturated rings.